The molecule has 4 aromatic rings. The highest BCUT2D eigenvalue weighted by atomic mass is 32.2. The predicted octanol–water partition coefficient (Wildman–Crippen LogP) is 8.95. The number of carbonyl (C=O) groups excluding carboxylic acids is 1. The van der Waals surface area contributed by atoms with Gasteiger partial charge >= 0.3 is 6.18 Å². The Morgan fingerprint density at radius 1 is 1.05 bits per heavy atom. The number of pyridine rings is 1. The molecular formula is C44H51F3N4O3SSi. The van der Waals surface area contributed by atoms with Gasteiger partial charge in [0.15, 0.2) is 0 Å². The molecule has 2 atom stereocenters. The molecule has 1 N–H and O–H groups in total. The lowest BCUT2D eigenvalue weighted by atomic mass is 9.94. The molecule has 0 aliphatic carbocycles. The number of rotatable bonds is 16. The fourth-order valence-corrected chi connectivity index (χ4v) is 13.5. The molecule has 0 fully saturated rings. The number of allylic oxidation sites excluding steroid dienone is 2. The summed E-state index contributed by atoms with van der Waals surface area (Å²) in [5.74, 6) is -0.493. The summed E-state index contributed by atoms with van der Waals surface area (Å²) in [5.41, 5.74) is 4.09. The summed E-state index contributed by atoms with van der Waals surface area (Å²) >= 11 is -1.40. The van der Waals surface area contributed by atoms with E-state index in [2.05, 4.69) is 56.6 Å². The van der Waals surface area contributed by atoms with Gasteiger partial charge in [-0.05, 0) is 64.0 Å². The maximum atomic E-state index is 14.2. The number of alkyl halides is 3. The standard InChI is InChI=1S/C44H51F3N4O3SSi/c1-7-10-26-55(53)51-30-35-28-38(42(52)49-31-44(45,46)47)50-41(34-19-17-18-33(27-34)32(8-2)29-48-9-3)40(35)39(51)24-25-54-56(43(4,5)6,36-20-13-11-14-21-36)37-22-15-12-16-23-37/h8-9,11-23,27-29,39H,3,7,10,24-26,30-31H2,1-2,4-6H3,(H,49,52)/b32-8+,48-29?/t39-,55?/m1/s1. The molecule has 5 rings (SSSR count). The summed E-state index contributed by atoms with van der Waals surface area (Å²) in [6, 6.07) is 29.4. The first-order valence-corrected chi connectivity index (χ1v) is 22.1. The monoisotopic (exact) mass is 800 g/mol. The van der Waals surface area contributed by atoms with Crippen molar-refractivity contribution < 1.29 is 26.9 Å². The minimum Gasteiger partial charge on any atom is -0.598 e. The molecule has 0 spiro atoms. The lowest BCUT2D eigenvalue weighted by Gasteiger charge is -2.43. The van der Waals surface area contributed by atoms with Crippen LogP contribution in [0.1, 0.15) is 87.1 Å². The minimum absolute atomic E-state index is 0.142. The van der Waals surface area contributed by atoms with Crippen LogP contribution in [0.5, 0.6) is 0 Å². The number of nitrogens with one attached hydrogen (secondary N) is 1. The van der Waals surface area contributed by atoms with Crippen molar-refractivity contribution >= 4 is 47.7 Å². The van der Waals surface area contributed by atoms with Gasteiger partial charge in [0.2, 0.25) is 0 Å². The van der Waals surface area contributed by atoms with Gasteiger partial charge in [-0.1, -0.05) is 126 Å². The summed E-state index contributed by atoms with van der Waals surface area (Å²) in [6.45, 7) is 13.3. The van der Waals surface area contributed by atoms with E-state index in [-0.39, 0.29) is 17.3 Å². The Labute approximate surface area is 333 Å². The lowest BCUT2D eigenvalue weighted by Crippen LogP contribution is -2.66. The van der Waals surface area contributed by atoms with Crippen molar-refractivity contribution in [3.8, 4) is 11.3 Å². The number of fused-ring (bicyclic) bond motifs is 1. The second-order valence-electron chi connectivity index (χ2n) is 14.8. The molecule has 0 bridgehead atoms. The van der Waals surface area contributed by atoms with Crippen LogP contribution in [-0.2, 0) is 22.3 Å². The summed E-state index contributed by atoms with van der Waals surface area (Å²) in [6.07, 6.45) is 2.51. The number of benzene rings is 3. The van der Waals surface area contributed by atoms with E-state index < -0.39 is 44.3 Å². The highest BCUT2D eigenvalue weighted by Gasteiger charge is 2.50. The first-order valence-electron chi connectivity index (χ1n) is 18.9. The zero-order valence-electron chi connectivity index (χ0n) is 32.7. The number of unbranched alkanes of at least 4 members (excludes halogenated alkanes) is 1. The summed E-state index contributed by atoms with van der Waals surface area (Å²) < 4.78 is 63.1. The lowest BCUT2D eigenvalue weighted by molar-refractivity contribution is -0.123. The van der Waals surface area contributed by atoms with Gasteiger partial charge in [-0.15, -0.1) is 4.31 Å². The molecule has 1 aromatic heterocycles. The Morgan fingerprint density at radius 3 is 2.29 bits per heavy atom. The van der Waals surface area contributed by atoms with Crippen LogP contribution < -0.4 is 15.7 Å². The molecule has 1 amide bonds. The maximum Gasteiger partial charge on any atom is 0.405 e. The summed E-state index contributed by atoms with van der Waals surface area (Å²) in [5, 5.41) is 4.00. The third-order valence-corrected chi connectivity index (χ3v) is 16.6. The van der Waals surface area contributed by atoms with Gasteiger partial charge in [0, 0.05) is 41.5 Å². The topological polar surface area (TPSA) is 89.9 Å². The SMILES string of the molecule is C=CN=C/C(=C\C)c1cccc(-c2nc(C(=O)NCC(F)(F)F)cc3c2[C@@H](CCO[Si](c2ccccc2)(c2ccccc2)C(C)(C)C)N([S+]([O-])CCCC)C3)c1. The second-order valence-corrected chi connectivity index (χ2v) is 20.6. The highest BCUT2D eigenvalue weighted by Crippen LogP contribution is 2.45. The number of aromatic nitrogens is 1. The molecule has 0 saturated heterocycles. The van der Waals surface area contributed by atoms with Crippen molar-refractivity contribution in [2.24, 2.45) is 4.99 Å². The third kappa shape index (κ3) is 9.78. The number of aliphatic imine (C=N–C) groups is 1. The van der Waals surface area contributed by atoms with Crippen molar-refractivity contribution in [1.82, 2.24) is 14.6 Å². The first kappa shape index (κ1) is 42.8. The van der Waals surface area contributed by atoms with Crippen LogP contribution in [0, 0.1) is 0 Å². The van der Waals surface area contributed by atoms with E-state index in [0.29, 0.717) is 35.6 Å². The molecule has 0 radical (unpaired) electrons. The van der Waals surface area contributed by atoms with Gasteiger partial charge in [0.1, 0.15) is 18.0 Å². The van der Waals surface area contributed by atoms with E-state index in [1.165, 1.54) is 6.20 Å². The van der Waals surface area contributed by atoms with Crippen LogP contribution in [-0.4, -0.2) is 59.4 Å². The Bertz CT molecular complexity index is 1980. The van der Waals surface area contributed by atoms with Gasteiger partial charge in [0.05, 0.1) is 18.3 Å². The molecule has 1 aliphatic rings. The van der Waals surface area contributed by atoms with Crippen molar-refractivity contribution in [3.05, 3.63) is 132 Å². The van der Waals surface area contributed by atoms with Crippen molar-refractivity contribution in [2.75, 3.05) is 18.9 Å². The second kappa shape index (κ2) is 18.7. The van der Waals surface area contributed by atoms with E-state index in [4.69, 9.17) is 9.41 Å². The first-order chi connectivity index (χ1) is 26.7. The fourth-order valence-electron chi connectivity index (χ4n) is 7.41. The molecule has 1 unspecified atom stereocenters. The van der Waals surface area contributed by atoms with Crippen LogP contribution in [0.15, 0.2) is 115 Å². The molecule has 56 heavy (non-hydrogen) atoms. The summed E-state index contributed by atoms with van der Waals surface area (Å²) in [7, 11) is -2.93. The largest absolute Gasteiger partial charge is 0.598 e. The van der Waals surface area contributed by atoms with Crippen LogP contribution >= 0.6 is 0 Å². The molecule has 3 aromatic carbocycles. The normalized spacial score (nSPS) is 15.9. The number of hydrogen-bond donors (Lipinski definition) is 1. The molecule has 12 heteroatoms. The van der Waals surface area contributed by atoms with E-state index >= 15 is 0 Å². The van der Waals surface area contributed by atoms with E-state index in [9.17, 15) is 22.5 Å². The van der Waals surface area contributed by atoms with E-state index in [1.54, 1.807) is 12.3 Å². The van der Waals surface area contributed by atoms with Gasteiger partial charge in [-0.25, -0.2) is 4.98 Å². The Hall–Kier alpha value is -4.33. The number of amides is 1. The predicted molar refractivity (Wildman–Crippen MR) is 225 cm³/mol. The van der Waals surface area contributed by atoms with Crippen LogP contribution in [0.2, 0.25) is 5.04 Å². The smallest absolute Gasteiger partial charge is 0.405 e. The van der Waals surface area contributed by atoms with Crippen LogP contribution in [0.3, 0.4) is 0 Å². The van der Waals surface area contributed by atoms with E-state index in [1.807, 2.05) is 90.2 Å². The number of halogens is 3. The third-order valence-electron chi connectivity index (χ3n) is 9.99. The van der Waals surface area contributed by atoms with Crippen molar-refractivity contribution in [1.29, 1.82) is 0 Å². The Morgan fingerprint density at radius 2 is 1.71 bits per heavy atom. The number of hydrogen-bond acceptors (Lipinski definition) is 6. The molecular weight excluding hydrogens is 750 g/mol. The fraction of sp³-hybridized carbons (Fsp3) is 0.341. The molecule has 1 aliphatic heterocycles. The van der Waals surface area contributed by atoms with Gasteiger partial charge in [-0.3, -0.25) is 9.79 Å². The van der Waals surface area contributed by atoms with E-state index in [0.717, 1.165) is 39.9 Å². The van der Waals surface area contributed by atoms with Crippen LogP contribution in [0.4, 0.5) is 13.2 Å². The zero-order valence-corrected chi connectivity index (χ0v) is 34.6. The highest BCUT2D eigenvalue weighted by molar-refractivity contribution is 7.89. The molecule has 2 heterocycles. The summed E-state index contributed by atoms with van der Waals surface area (Å²) in [4.78, 5) is 22.3. The van der Waals surface area contributed by atoms with Gasteiger partial charge in [0.25, 0.3) is 14.2 Å². The molecule has 296 valence electrons. The maximum absolute atomic E-state index is 14.2. The van der Waals surface area contributed by atoms with Gasteiger partial charge < -0.3 is 14.3 Å². The number of carbonyl (C=O) groups is 1. The molecule has 0 saturated carbocycles. The average Bonchev–Trinajstić information content (AvgIpc) is 3.56. The Kier molecular flexibility index (Phi) is 14.3. The minimum atomic E-state index is -4.59. The van der Waals surface area contributed by atoms with Crippen molar-refractivity contribution in [2.45, 2.75) is 77.7 Å². The molecule has 7 nitrogen and oxygen atoms in total. The Balaban J connectivity index is 1.65. The van der Waals surface area contributed by atoms with Crippen molar-refractivity contribution in [3.63, 3.8) is 0 Å². The number of nitrogens with zero attached hydrogens (tertiary/aromatic N) is 3. The average molecular weight is 801 g/mol. The van der Waals surface area contributed by atoms with Gasteiger partial charge in [-0.2, -0.15) is 13.2 Å². The van der Waals surface area contributed by atoms with Crippen LogP contribution in [0.25, 0.3) is 16.8 Å². The zero-order chi connectivity index (χ0) is 40.5. The quantitative estimate of drug-likeness (QED) is 0.0695.